The number of amides is 1. The number of nitrogens with one attached hydrogen (secondary N) is 1. The molecule has 1 rings (SSSR count). The van der Waals surface area contributed by atoms with Crippen LogP contribution in [0, 0.1) is 6.92 Å². The molecule has 0 unspecified atom stereocenters. The van der Waals surface area contributed by atoms with Gasteiger partial charge in [-0.05, 0) is 36.8 Å². The minimum atomic E-state index is -0.0431. The van der Waals surface area contributed by atoms with Gasteiger partial charge < -0.3 is 10.4 Å². The summed E-state index contributed by atoms with van der Waals surface area (Å²) in [7, 11) is 0. The van der Waals surface area contributed by atoms with Crippen LogP contribution in [0.4, 0.5) is 0 Å². The maximum absolute atomic E-state index is 11.8. The van der Waals surface area contributed by atoms with Crippen molar-refractivity contribution in [1.29, 1.82) is 0 Å². The fraction of sp³-hybridized carbons (Fsp3) is 0.462. The normalized spacial score (nSPS) is 10.4. The third kappa shape index (κ3) is 5.42. The van der Waals surface area contributed by atoms with Crippen molar-refractivity contribution in [1.82, 2.24) is 5.32 Å². The SMILES string of the molecule is Cc1ccc(C(=O)NCCSCCCO)cc1Br. The molecule has 0 spiro atoms. The second-order valence-corrected chi connectivity index (χ2v) is 5.99. The molecule has 0 saturated carbocycles. The number of thioether (sulfide) groups is 1. The van der Waals surface area contributed by atoms with Gasteiger partial charge in [-0.1, -0.05) is 22.0 Å². The number of hydrogen-bond acceptors (Lipinski definition) is 3. The molecule has 5 heteroatoms. The lowest BCUT2D eigenvalue weighted by molar-refractivity contribution is 0.0956. The Balaban J connectivity index is 2.30. The number of aliphatic hydroxyl groups is 1. The molecule has 0 atom stereocenters. The molecule has 1 aromatic rings. The topological polar surface area (TPSA) is 49.3 Å². The Morgan fingerprint density at radius 3 is 2.89 bits per heavy atom. The van der Waals surface area contributed by atoms with Crippen LogP contribution in [0.15, 0.2) is 22.7 Å². The molecule has 0 radical (unpaired) electrons. The number of halogens is 1. The van der Waals surface area contributed by atoms with E-state index in [0.29, 0.717) is 12.1 Å². The van der Waals surface area contributed by atoms with E-state index >= 15 is 0 Å². The lowest BCUT2D eigenvalue weighted by Crippen LogP contribution is -2.25. The lowest BCUT2D eigenvalue weighted by Gasteiger charge is -2.06. The van der Waals surface area contributed by atoms with Gasteiger partial charge in [-0.2, -0.15) is 11.8 Å². The van der Waals surface area contributed by atoms with Gasteiger partial charge in [-0.3, -0.25) is 4.79 Å². The van der Waals surface area contributed by atoms with Crippen LogP contribution < -0.4 is 5.32 Å². The summed E-state index contributed by atoms with van der Waals surface area (Å²) in [5.41, 5.74) is 1.79. The van der Waals surface area contributed by atoms with E-state index in [-0.39, 0.29) is 12.5 Å². The van der Waals surface area contributed by atoms with E-state index in [2.05, 4.69) is 21.2 Å². The summed E-state index contributed by atoms with van der Waals surface area (Å²) in [6.45, 7) is 2.88. The van der Waals surface area contributed by atoms with Gasteiger partial charge in [-0.15, -0.1) is 0 Å². The second kappa shape index (κ2) is 8.56. The minimum absolute atomic E-state index is 0.0431. The smallest absolute Gasteiger partial charge is 0.251 e. The molecule has 2 N–H and O–H groups in total. The van der Waals surface area contributed by atoms with E-state index in [0.717, 1.165) is 28.0 Å². The highest BCUT2D eigenvalue weighted by Crippen LogP contribution is 2.17. The summed E-state index contributed by atoms with van der Waals surface area (Å²) >= 11 is 5.15. The Labute approximate surface area is 120 Å². The monoisotopic (exact) mass is 331 g/mol. The summed E-state index contributed by atoms with van der Waals surface area (Å²) in [4.78, 5) is 11.8. The van der Waals surface area contributed by atoms with Gasteiger partial charge in [0, 0.05) is 28.9 Å². The quantitative estimate of drug-likeness (QED) is 0.755. The molecule has 0 heterocycles. The third-order valence-corrected chi connectivity index (χ3v) is 4.34. The highest BCUT2D eigenvalue weighted by molar-refractivity contribution is 9.10. The van der Waals surface area contributed by atoms with Gasteiger partial charge in [0.05, 0.1) is 0 Å². The van der Waals surface area contributed by atoms with Crippen LogP contribution in [0.1, 0.15) is 22.3 Å². The van der Waals surface area contributed by atoms with Gasteiger partial charge in [0.25, 0.3) is 5.91 Å². The molecule has 0 aliphatic carbocycles. The van der Waals surface area contributed by atoms with Crippen LogP contribution in [0.3, 0.4) is 0 Å². The minimum Gasteiger partial charge on any atom is -0.396 e. The first-order chi connectivity index (χ1) is 8.65. The van der Waals surface area contributed by atoms with Crippen LogP contribution in [0.5, 0.6) is 0 Å². The molecule has 100 valence electrons. The molecule has 0 fully saturated rings. The molecular formula is C13H18BrNO2S. The Bertz CT molecular complexity index is 399. The van der Waals surface area contributed by atoms with E-state index in [4.69, 9.17) is 5.11 Å². The predicted molar refractivity (Wildman–Crippen MR) is 80.2 cm³/mol. The Morgan fingerprint density at radius 2 is 2.22 bits per heavy atom. The Hall–Kier alpha value is -0.520. The molecule has 0 bridgehead atoms. The average molecular weight is 332 g/mol. The van der Waals surface area contributed by atoms with Crippen molar-refractivity contribution in [2.45, 2.75) is 13.3 Å². The van der Waals surface area contributed by atoms with Crippen LogP contribution in [-0.2, 0) is 0 Å². The van der Waals surface area contributed by atoms with Crippen molar-refractivity contribution in [2.24, 2.45) is 0 Å². The lowest BCUT2D eigenvalue weighted by atomic mass is 10.1. The van der Waals surface area contributed by atoms with Gasteiger partial charge >= 0.3 is 0 Å². The number of carbonyl (C=O) groups is 1. The van der Waals surface area contributed by atoms with E-state index < -0.39 is 0 Å². The van der Waals surface area contributed by atoms with Crippen molar-refractivity contribution in [3.63, 3.8) is 0 Å². The number of aliphatic hydroxyl groups excluding tert-OH is 1. The average Bonchev–Trinajstić information content (AvgIpc) is 2.36. The standard InChI is InChI=1S/C13H18BrNO2S/c1-10-3-4-11(9-12(10)14)13(17)15-5-8-18-7-2-6-16/h3-4,9,16H,2,5-8H2,1H3,(H,15,17). The summed E-state index contributed by atoms with van der Waals surface area (Å²) < 4.78 is 0.951. The Kier molecular flexibility index (Phi) is 7.39. The second-order valence-electron chi connectivity index (χ2n) is 3.91. The number of benzene rings is 1. The zero-order valence-electron chi connectivity index (χ0n) is 10.4. The van der Waals surface area contributed by atoms with Crippen molar-refractivity contribution in [3.8, 4) is 0 Å². The van der Waals surface area contributed by atoms with Gasteiger partial charge in [0.1, 0.15) is 0 Å². The highest BCUT2D eigenvalue weighted by atomic mass is 79.9. The molecule has 0 aliphatic rings. The van der Waals surface area contributed by atoms with Crippen LogP contribution in [0.2, 0.25) is 0 Å². The number of rotatable bonds is 7. The molecular weight excluding hydrogens is 314 g/mol. The fourth-order valence-electron chi connectivity index (χ4n) is 1.34. The fourth-order valence-corrected chi connectivity index (χ4v) is 2.50. The van der Waals surface area contributed by atoms with Crippen LogP contribution >= 0.6 is 27.7 Å². The zero-order valence-corrected chi connectivity index (χ0v) is 12.8. The highest BCUT2D eigenvalue weighted by Gasteiger charge is 2.06. The molecule has 0 aromatic heterocycles. The molecule has 0 aliphatic heterocycles. The summed E-state index contributed by atoms with van der Waals surface area (Å²) in [6.07, 6.45) is 0.809. The van der Waals surface area contributed by atoms with Crippen molar-refractivity contribution < 1.29 is 9.90 Å². The number of aryl methyl sites for hydroxylation is 1. The van der Waals surface area contributed by atoms with Gasteiger partial charge in [-0.25, -0.2) is 0 Å². The van der Waals surface area contributed by atoms with Crippen molar-refractivity contribution in [3.05, 3.63) is 33.8 Å². The number of carbonyl (C=O) groups excluding carboxylic acids is 1. The third-order valence-electron chi connectivity index (χ3n) is 2.41. The van der Waals surface area contributed by atoms with E-state index in [1.165, 1.54) is 0 Å². The van der Waals surface area contributed by atoms with E-state index in [9.17, 15) is 4.79 Å². The molecule has 1 amide bonds. The molecule has 18 heavy (non-hydrogen) atoms. The van der Waals surface area contributed by atoms with Crippen molar-refractivity contribution >= 4 is 33.6 Å². The first-order valence-corrected chi connectivity index (χ1v) is 7.83. The van der Waals surface area contributed by atoms with Crippen LogP contribution in [-0.4, -0.2) is 35.7 Å². The Morgan fingerprint density at radius 1 is 1.44 bits per heavy atom. The predicted octanol–water partition coefficient (Wildman–Crippen LogP) is 2.60. The van der Waals surface area contributed by atoms with E-state index in [1.54, 1.807) is 11.8 Å². The van der Waals surface area contributed by atoms with Crippen molar-refractivity contribution in [2.75, 3.05) is 24.7 Å². The molecule has 0 saturated heterocycles. The first kappa shape index (κ1) is 15.5. The van der Waals surface area contributed by atoms with Gasteiger partial charge in [0.2, 0.25) is 0 Å². The van der Waals surface area contributed by atoms with E-state index in [1.807, 2.05) is 25.1 Å². The first-order valence-electron chi connectivity index (χ1n) is 5.88. The molecule has 1 aromatic carbocycles. The molecule has 3 nitrogen and oxygen atoms in total. The maximum Gasteiger partial charge on any atom is 0.251 e. The zero-order chi connectivity index (χ0) is 13.4. The summed E-state index contributed by atoms with van der Waals surface area (Å²) in [5, 5.41) is 11.5. The van der Waals surface area contributed by atoms with Gasteiger partial charge in [0.15, 0.2) is 0 Å². The summed E-state index contributed by atoms with van der Waals surface area (Å²) in [6, 6.07) is 5.59. The maximum atomic E-state index is 11.8. The largest absolute Gasteiger partial charge is 0.396 e. The number of hydrogen-bond donors (Lipinski definition) is 2. The van der Waals surface area contributed by atoms with Crippen LogP contribution in [0.25, 0.3) is 0 Å². The summed E-state index contributed by atoms with van der Waals surface area (Å²) in [5.74, 6) is 1.76.